The van der Waals surface area contributed by atoms with Crippen LogP contribution >= 0.6 is 42.4 Å². The first-order valence-corrected chi connectivity index (χ1v) is 15.4. The summed E-state index contributed by atoms with van der Waals surface area (Å²) in [5, 5.41) is 8.04. The van der Waals surface area contributed by atoms with Gasteiger partial charge in [-0.2, -0.15) is 5.10 Å². The molecule has 1 aliphatic heterocycles. The molecule has 0 spiro atoms. The molecule has 1 amide bonds. The number of carbonyl (C=O) groups is 1. The van der Waals surface area contributed by atoms with Gasteiger partial charge in [0.05, 0.1) is 22.6 Å². The van der Waals surface area contributed by atoms with Gasteiger partial charge in [0.25, 0.3) is 5.91 Å². The number of ether oxygens (including phenoxy) is 1. The number of hydrogen-bond acceptors (Lipinski definition) is 5. The highest BCUT2D eigenvalue weighted by Gasteiger charge is 2.26. The third kappa shape index (κ3) is 8.06. The molecule has 1 aromatic heterocycles. The van der Waals surface area contributed by atoms with E-state index < -0.39 is 7.60 Å². The van der Waals surface area contributed by atoms with Crippen molar-refractivity contribution in [1.29, 1.82) is 0 Å². The van der Waals surface area contributed by atoms with E-state index in [0.29, 0.717) is 65.0 Å². The van der Waals surface area contributed by atoms with Gasteiger partial charge in [-0.1, -0.05) is 46.9 Å². The summed E-state index contributed by atoms with van der Waals surface area (Å²) in [4.78, 5) is 31.2. The molecule has 13 heteroatoms. The van der Waals surface area contributed by atoms with Crippen LogP contribution in [0.4, 0.5) is 0 Å². The molecule has 0 aliphatic carbocycles. The first kappa shape index (κ1) is 30.0. The number of hydrazine groups is 1. The van der Waals surface area contributed by atoms with E-state index in [-0.39, 0.29) is 17.8 Å². The lowest BCUT2D eigenvalue weighted by atomic mass is 9.99. The van der Waals surface area contributed by atoms with Gasteiger partial charge in [0.1, 0.15) is 0 Å². The van der Waals surface area contributed by atoms with Crippen molar-refractivity contribution in [2.24, 2.45) is 5.92 Å². The minimum Gasteiger partial charge on any atom is -0.381 e. The number of amides is 1. The van der Waals surface area contributed by atoms with E-state index in [2.05, 4.69) is 10.5 Å². The number of rotatable bonds is 10. The summed E-state index contributed by atoms with van der Waals surface area (Å²) in [5.74, 6) is -0.00334. The van der Waals surface area contributed by atoms with E-state index in [1.54, 1.807) is 35.0 Å². The molecular formula is C26H30Cl3N4O5P. The Morgan fingerprint density at radius 2 is 1.77 bits per heavy atom. The van der Waals surface area contributed by atoms with Crippen LogP contribution in [0.15, 0.2) is 42.5 Å². The van der Waals surface area contributed by atoms with Gasteiger partial charge in [0.15, 0.2) is 5.69 Å². The van der Waals surface area contributed by atoms with Crippen LogP contribution < -0.4 is 5.43 Å². The van der Waals surface area contributed by atoms with Gasteiger partial charge in [0, 0.05) is 47.5 Å². The van der Waals surface area contributed by atoms with Crippen LogP contribution in [0.5, 0.6) is 0 Å². The molecule has 3 N–H and O–H groups in total. The summed E-state index contributed by atoms with van der Waals surface area (Å²) in [6.45, 7) is 3.99. The Morgan fingerprint density at radius 1 is 1.10 bits per heavy atom. The fourth-order valence-electron chi connectivity index (χ4n) is 4.52. The zero-order chi connectivity index (χ0) is 28.2. The second kappa shape index (κ2) is 13.1. The largest absolute Gasteiger partial charge is 0.381 e. The highest BCUT2D eigenvalue weighted by Crippen LogP contribution is 2.35. The van der Waals surface area contributed by atoms with Crippen molar-refractivity contribution in [3.05, 3.63) is 68.8 Å². The molecular weight excluding hydrogens is 586 g/mol. The maximum Gasteiger partial charge on any atom is 0.325 e. The summed E-state index contributed by atoms with van der Waals surface area (Å²) in [5.41, 5.74) is 6.10. The molecule has 210 valence electrons. The fraction of sp³-hybridized carbons (Fsp3) is 0.385. The van der Waals surface area contributed by atoms with E-state index in [9.17, 15) is 9.36 Å². The Balaban J connectivity index is 1.44. The number of piperidine rings is 1. The average Bonchev–Trinajstić information content (AvgIpc) is 3.21. The highest BCUT2D eigenvalue weighted by atomic mass is 35.5. The van der Waals surface area contributed by atoms with Crippen molar-refractivity contribution < 1.29 is 23.9 Å². The molecule has 0 atom stereocenters. The van der Waals surface area contributed by atoms with Crippen molar-refractivity contribution in [3.63, 3.8) is 0 Å². The fourth-order valence-corrected chi connectivity index (χ4v) is 5.67. The van der Waals surface area contributed by atoms with Crippen molar-refractivity contribution in [3.8, 4) is 16.9 Å². The maximum absolute atomic E-state index is 13.4. The normalized spacial score (nSPS) is 15.0. The minimum atomic E-state index is -3.98. The van der Waals surface area contributed by atoms with Gasteiger partial charge in [-0.05, 0) is 62.4 Å². The van der Waals surface area contributed by atoms with Gasteiger partial charge in [-0.3, -0.25) is 14.8 Å². The Kier molecular flexibility index (Phi) is 10.1. The number of nitrogens with one attached hydrogen (secondary N) is 1. The summed E-state index contributed by atoms with van der Waals surface area (Å²) in [7, 11) is -3.98. The molecule has 39 heavy (non-hydrogen) atoms. The molecule has 1 aliphatic rings. The van der Waals surface area contributed by atoms with Crippen LogP contribution in [0.2, 0.25) is 15.1 Å². The molecule has 1 saturated heterocycles. The van der Waals surface area contributed by atoms with Gasteiger partial charge in [-0.15, -0.1) is 0 Å². The molecule has 0 saturated carbocycles. The van der Waals surface area contributed by atoms with Crippen LogP contribution in [0, 0.1) is 12.8 Å². The Labute approximate surface area is 242 Å². The molecule has 1 fully saturated rings. The average molecular weight is 616 g/mol. The first-order chi connectivity index (χ1) is 18.5. The lowest BCUT2D eigenvalue weighted by Crippen LogP contribution is -2.47. The molecule has 3 aromatic rings. The van der Waals surface area contributed by atoms with E-state index in [0.717, 1.165) is 24.1 Å². The van der Waals surface area contributed by atoms with Crippen molar-refractivity contribution in [2.45, 2.75) is 26.2 Å². The molecule has 4 rings (SSSR count). The quantitative estimate of drug-likeness (QED) is 0.196. The van der Waals surface area contributed by atoms with E-state index >= 15 is 0 Å². The third-order valence-electron chi connectivity index (χ3n) is 6.56. The lowest BCUT2D eigenvalue weighted by molar-refractivity contribution is 0.0463. The van der Waals surface area contributed by atoms with Crippen LogP contribution in [0.25, 0.3) is 16.9 Å². The second-order valence-corrected chi connectivity index (χ2v) is 12.6. The van der Waals surface area contributed by atoms with E-state index in [1.165, 1.54) is 0 Å². The van der Waals surface area contributed by atoms with Gasteiger partial charge < -0.3 is 14.5 Å². The minimum absolute atomic E-state index is 0.170. The van der Waals surface area contributed by atoms with E-state index in [4.69, 9.17) is 49.3 Å². The summed E-state index contributed by atoms with van der Waals surface area (Å²) >= 11 is 18.7. The number of halogens is 3. The van der Waals surface area contributed by atoms with E-state index in [1.807, 2.05) is 24.1 Å². The topological polar surface area (TPSA) is 117 Å². The zero-order valence-electron chi connectivity index (χ0n) is 21.3. The SMILES string of the molecule is Cc1c(C(=O)NN2CCC(COCCCP(=O)(O)O)CC2)nn(-c2ccc(Cl)cc2Cl)c1-c1ccc(Cl)cc1. The third-order valence-corrected chi connectivity index (χ3v) is 8.25. The highest BCUT2D eigenvalue weighted by molar-refractivity contribution is 7.51. The molecule has 2 aromatic carbocycles. The smallest absolute Gasteiger partial charge is 0.325 e. The molecule has 0 bridgehead atoms. The second-order valence-electron chi connectivity index (χ2n) is 9.52. The summed E-state index contributed by atoms with van der Waals surface area (Å²) < 4.78 is 18.2. The Bertz CT molecular complexity index is 1350. The van der Waals surface area contributed by atoms with Gasteiger partial charge in [-0.25, -0.2) is 9.69 Å². The van der Waals surface area contributed by atoms with Gasteiger partial charge in [0.2, 0.25) is 0 Å². The predicted octanol–water partition coefficient (Wildman–Crippen LogP) is 5.75. The molecule has 2 heterocycles. The Hall–Kier alpha value is -1.94. The van der Waals surface area contributed by atoms with Crippen molar-refractivity contribution in [2.75, 3.05) is 32.5 Å². The molecule has 0 radical (unpaired) electrons. The maximum atomic E-state index is 13.4. The number of nitrogens with zero attached hydrogens (tertiary/aromatic N) is 3. The molecule has 9 nitrogen and oxygen atoms in total. The van der Waals surface area contributed by atoms with Crippen LogP contribution in [-0.2, 0) is 9.30 Å². The standard InChI is InChI=1S/C26H30Cl3N4O5P/c1-17-24(26(34)31-32-11-9-18(10-12-32)16-38-13-2-14-39(35,36)37)30-33(23-8-7-21(28)15-22(23)29)25(17)19-3-5-20(27)6-4-19/h3-8,15,18H,2,9-14,16H2,1H3,(H,31,34)(H2,35,36,37). The predicted molar refractivity (Wildman–Crippen MR) is 153 cm³/mol. The Morgan fingerprint density at radius 3 is 2.41 bits per heavy atom. The molecule has 0 unspecified atom stereocenters. The van der Waals surface area contributed by atoms with Crippen molar-refractivity contribution >= 4 is 48.3 Å². The number of benzene rings is 2. The van der Waals surface area contributed by atoms with Gasteiger partial charge >= 0.3 is 7.60 Å². The monoisotopic (exact) mass is 614 g/mol. The lowest BCUT2D eigenvalue weighted by Gasteiger charge is -2.31. The summed E-state index contributed by atoms with van der Waals surface area (Å²) in [6.07, 6.45) is 1.80. The number of hydrogen-bond donors (Lipinski definition) is 3. The number of aromatic nitrogens is 2. The van der Waals surface area contributed by atoms with Crippen LogP contribution in [0.3, 0.4) is 0 Å². The number of carbonyl (C=O) groups excluding carboxylic acids is 1. The zero-order valence-corrected chi connectivity index (χ0v) is 24.5. The van der Waals surface area contributed by atoms with Crippen LogP contribution in [0.1, 0.15) is 35.3 Å². The summed E-state index contributed by atoms with van der Waals surface area (Å²) in [6, 6.07) is 12.4. The first-order valence-electron chi connectivity index (χ1n) is 12.5. The van der Waals surface area contributed by atoms with Crippen LogP contribution in [-0.4, -0.2) is 62.9 Å². The van der Waals surface area contributed by atoms with Crippen molar-refractivity contribution in [1.82, 2.24) is 20.2 Å².